The van der Waals surface area contributed by atoms with Crippen LogP contribution in [-0.4, -0.2) is 38.1 Å². The van der Waals surface area contributed by atoms with Crippen LogP contribution in [0, 0.1) is 0 Å². The molecular formula is C20H22N2O3S. The summed E-state index contributed by atoms with van der Waals surface area (Å²) in [6, 6.07) is 13.5. The van der Waals surface area contributed by atoms with Gasteiger partial charge in [-0.3, -0.25) is 9.10 Å². The van der Waals surface area contributed by atoms with Crippen LogP contribution in [0.25, 0.3) is 0 Å². The first-order valence-corrected chi connectivity index (χ1v) is 10.7. The fraction of sp³-hybridized carbons (Fsp3) is 0.350. The molecule has 136 valence electrons. The summed E-state index contributed by atoms with van der Waals surface area (Å²) in [4.78, 5) is 14.8. The number of anilines is 1. The Morgan fingerprint density at radius 1 is 1.08 bits per heavy atom. The number of rotatable bonds is 2. The molecule has 0 saturated carbocycles. The first-order valence-electron chi connectivity index (χ1n) is 8.83. The Morgan fingerprint density at radius 2 is 1.81 bits per heavy atom. The van der Waals surface area contributed by atoms with Crippen LogP contribution in [0.1, 0.15) is 34.0 Å². The molecule has 0 aromatic heterocycles. The monoisotopic (exact) mass is 370 g/mol. The summed E-state index contributed by atoms with van der Waals surface area (Å²) in [5, 5.41) is 0. The van der Waals surface area contributed by atoms with E-state index in [9.17, 15) is 13.2 Å². The zero-order valence-corrected chi connectivity index (χ0v) is 15.8. The first-order chi connectivity index (χ1) is 12.3. The number of carbonyl (C=O) groups is 1. The normalized spacial score (nSPS) is 19.2. The summed E-state index contributed by atoms with van der Waals surface area (Å²) in [7, 11) is -3.31. The minimum Gasteiger partial charge on any atom is -0.334 e. The minimum absolute atomic E-state index is 0.00719. The van der Waals surface area contributed by atoms with E-state index in [2.05, 4.69) is 12.1 Å². The molecule has 4 rings (SSSR count). The number of benzene rings is 2. The van der Waals surface area contributed by atoms with Gasteiger partial charge in [-0.1, -0.05) is 24.3 Å². The molecule has 0 saturated heterocycles. The Balaban J connectivity index is 1.61. The smallest absolute Gasteiger partial charge is 0.254 e. The van der Waals surface area contributed by atoms with Crippen LogP contribution in [0.4, 0.5) is 5.69 Å². The van der Waals surface area contributed by atoms with E-state index >= 15 is 0 Å². The van der Waals surface area contributed by atoms with Crippen molar-refractivity contribution in [1.82, 2.24) is 4.90 Å². The molecule has 0 spiro atoms. The lowest BCUT2D eigenvalue weighted by Crippen LogP contribution is -2.36. The van der Waals surface area contributed by atoms with Gasteiger partial charge in [0.1, 0.15) is 0 Å². The van der Waals surface area contributed by atoms with Gasteiger partial charge in [0.15, 0.2) is 0 Å². The highest BCUT2D eigenvalue weighted by Crippen LogP contribution is 2.35. The van der Waals surface area contributed by atoms with Gasteiger partial charge >= 0.3 is 0 Å². The predicted octanol–water partition coefficient (Wildman–Crippen LogP) is 2.60. The van der Waals surface area contributed by atoms with Crippen molar-refractivity contribution in [2.24, 2.45) is 0 Å². The van der Waals surface area contributed by atoms with E-state index in [1.807, 2.05) is 30.0 Å². The average Bonchev–Trinajstić information content (AvgIpc) is 2.95. The number of nitrogens with zero attached hydrogens (tertiary/aromatic N) is 2. The predicted molar refractivity (Wildman–Crippen MR) is 102 cm³/mol. The van der Waals surface area contributed by atoms with E-state index in [0.29, 0.717) is 30.8 Å². The van der Waals surface area contributed by atoms with E-state index in [0.717, 1.165) is 12.0 Å². The summed E-state index contributed by atoms with van der Waals surface area (Å²) in [6.07, 6.45) is 2.72. The number of amides is 1. The van der Waals surface area contributed by atoms with E-state index < -0.39 is 10.0 Å². The SMILES string of the molecule is C[C@@H]1Cc2cc(C(=O)N3CCc4ccccc4C3)ccc2N1S(C)(=O)=O. The van der Waals surface area contributed by atoms with E-state index in [1.165, 1.54) is 21.7 Å². The van der Waals surface area contributed by atoms with Crippen molar-refractivity contribution in [2.75, 3.05) is 17.1 Å². The molecule has 0 fully saturated rings. The number of hydrogen-bond donors (Lipinski definition) is 0. The van der Waals surface area contributed by atoms with Crippen LogP contribution in [0.15, 0.2) is 42.5 Å². The molecule has 2 heterocycles. The van der Waals surface area contributed by atoms with Crippen molar-refractivity contribution in [2.45, 2.75) is 32.4 Å². The van der Waals surface area contributed by atoms with Crippen molar-refractivity contribution in [1.29, 1.82) is 0 Å². The maximum absolute atomic E-state index is 13.0. The van der Waals surface area contributed by atoms with Crippen LogP contribution in [0.3, 0.4) is 0 Å². The number of carbonyl (C=O) groups excluding carboxylic acids is 1. The second kappa shape index (κ2) is 6.13. The molecule has 5 nitrogen and oxygen atoms in total. The molecule has 1 atom stereocenters. The minimum atomic E-state index is -3.31. The molecule has 0 N–H and O–H groups in total. The van der Waals surface area contributed by atoms with Crippen molar-refractivity contribution < 1.29 is 13.2 Å². The maximum atomic E-state index is 13.0. The third-order valence-electron chi connectivity index (χ3n) is 5.25. The molecule has 0 radical (unpaired) electrons. The topological polar surface area (TPSA) is 57.7 Å². The van der Waals surface area contributed by atoms with Gasteiger partial charge in [-0.25, -0.2) is 8.42 Å². The highest BCUT2D eigenvalue weighted by atomic mass is 32.2. The third kappa shape index (κ3) is 2.88. The van der Waals surface area contributed by atoms with Gasteiger partial charge in [0.05, 0.1) is 11.9 Å². The van der Waals surface area contributed by atoms with Gasteiger partial charge in [-0.2, -0.15) is 0 Å². The van der Waals surface area contributed by atoms with Gasteiger partial charge in [0.25, 0.3) is 5.91 Å². The number of hydrogen-bond acceptors (Lipinski definition) is 3. The van der Waals surface area contributed by atoms with Crippen molar-refractivity contribution in [3.8, 4) is 0 Å². The summed E-state index contributed by atoms with van der Waals surface area (Å²) in [5.41, 5.74) is 4.76. The molecule has 0 bridgehead atoms. The highest BCUT2D eigenvalue weighted by molar-refractivity contribution is 7.92. The average molecular weight is 370 g/mol. The standard InChI is InChI=1S/C20H22N2O3S/c1-14-11-18-12-16(7-8-19(18)22(14)26(2,24)25)20(23)21-10-9-15-5-3-4-6-17(15)13-21/h3-8,12,14H,9-11,13H2,1-2H3/t14-/m1/s1. The van der Waals surface area contributed by atoms with Crippen LogP contribution in [-0.2, 0) is 29.4 Å². The van der Waals surface area contributed by atoms with Crippen molar-refractivity contribution >= 4 is 21.6 Å². The summed E-state index contributed by atoms with van der Waals surface area (Å²) >= 11 is 0. The molecule has 2 aromatic carbocycles. The largest absolute Gasteiger partial charge is 0.334 e. The molecule has 2 aliphatic rings. The van der Waals surface area contributed by atoms with Crippen molar-refractivity contribution in [3.63, 3.8) is 0 Å². The van der Waals surface area contributed by atoms with Gasteiger partial charge in [0.2, 0.25) is 10.0 Å². The Kier molecular flexibility index (Phi) is 4.03. The molecule has 0 aliphatic carbocycles. The Bertz CT molecular complexity index is 984. The molecule has 26 heavy (non-hydrogen) atoms. The van der Waals surface area contributed by atoms with E-state index in [-0.39, 0.29) is 11.9 Å². The fourth-order valence-electron chi connectivity index (χ4n) is 4.09. The Morgan fingerprint density at radius 3 is 2.54 bits per heavy atom. The van der Waals surface area contributed by atoms with Gasteiger partial charge < -0.3 is 4.90 Å². The van der Waals surface area contributed by atoms with E-state index in [4.69, 9.17) is 0 Å². The second-order valence-electron chi connectivity index (χ2n) is 7.20. The van der Waals surface area contributed by atoms with Gasteiger partial charge in [-0.05, 0) is 54.7 Å². The Hall–Kier alpha value is -2.34. The van der Waals surface area contributed by atoms with Gasteiger partial charge in [-0.15, -0.1) is 0 Å². The highest BCUT2D eigenvalue weighted by Gasteiger charge is 2.33. The lowest BCUT2D eigenvalue weighted by atomic mass is 9.99. The summed E-state index contributed by atoms with van der Waals surface area (Å²) in [5.74, 6) is 0.00719. The second-order valence-corrected chi connectivity index (χ2v) is 9.06. The fourth-order valence-corrected chi connectivity index (χ4v) is 5.36. The zero-order chi connectivity index (χ0) is 18.5. The van der Waals surface area contributed by atoms with Crippen molar-refractivity contribution in [3.05, 3.63) is 64.7 Å². The quantitative estimate of drug-likeness (QED) is 0.816. The molecule has 0 unspecified atom stereocenters. The summed E-state index contributed by atoms with van der Waals surface area (Å²) < 4.78 is 25.5. The summed E-state index contributed by atoms with van der Waals surface area (Å²) in [6.45, 7) is 3.22. The maximum Gasteiger partial charge on any atom is 0.254 e. The van der Waals surface area contributed by atoms with E-state index in [1.54, 1.807) is 12.1 Å². The van der Waals surface area contributed by atoms with Gasteiger partial charge in [0, 0.05) is 24.7 Å². The zero-order valence-electron chi connectivity index (χ0n) is 15.0. The Labute approximate surface area is 154 Å². The first kappa shape index (κ1) is 17.1. The number of sulfonamides is 1. The molecule has 2 aromatic rings. The van der Waals surface area contributed by atoms with Crippen LogP contribution < -0.4 is 4.31 Å². The van der Waals surface area contributed by atoms with Crippen LogP contribution in [0.5, 0.6) is 0 Å². The molecule has 2 aliphatic heterocycles. The molecular weight excluding hydrogens is 348 g/mol. The lowest BCUT2D eigenvalue weighted by Gasteiger charge is -2.29. The van der Waals surface area contributed by atoms with Crippen LogP contribution >= 0.6 is 0 Å². The molecule has 6 heteroatoms. The lowest BCUT2D eigenvalue weighted by molar-refractivity contribution is 0.0734. The third-order valence-corrected chi connectivity index (χ3v) is 6.53. The molecule has 1 amide bonds. The van der Waals surface area contributed by atoms with Crippen LogP contribution in [0.2, 0.25) is 0 Å². The number of fused-ring (bicyclic) bond motifs is 2.